The van der Waals surface area contributed by atoms with Crippen LogP contribution in [0.25, 0.3) is 77.2 Å². The molecule has 1 heterocycles. The molecule has 254 valence electrons. The van der Waals surface area contributed by atoms with Crippen molar-refractivity contribution >= 4 is 49.8 Å². The summed E-state index contributed by atoms with van der Waals surface area (Å²) in [6, 6.07) is 75.9. The number of fused-ring (bicyclic) bond motifs is 4. The molecule has 9 aromatic carbocycles. The smallest absolute Gasteiger partial charge is 0.159 e. The molecule has 0 aliphatic rings. The second-order valence-electron chi connectivity index (χ2n) is 13.7. The fourth-order valence-corrected chi connectivity index (χ4v) is 7.77. The number of nitrogens with zero attached hydrogens (tertiary/aromatic N) is 1. The first-order valence-electron chi connectivity index (χ1n) is 18.4. The van der Waals surface area contributed by atoms with Crippen molar-refractivity contribution in [2.24, 2.45) is 0 Å². The average molecular weight is 690 g/mol. The summed E-state index contributed by atoms with van der Waals surface area (Å²) in [7, 11) is 0. The molecular weight excluding hydrogens is 655 g/mol. The highest BCUT2D eigenvalue weighted by Gasteiger charge is 2.21. The van der Waals surface area contributed by atoms with Gasteiger partial charge in [-0.3, -0.25) is 0 Å². The van der Waals surface area contributed by atoms with Crippen LogP contribution in [0.3, 0.4) is 0 Å². The summed E-state index contributed by atoms with van der Waals surface area (Å²) in [5.74, 6) is 0. The Bertz CT molecular complexity index is 2910. The maximum absolute atomic E-state index is 6.65. The van der Waals surface area contributed by atoms with Gasteiger partial charge in [-0.1, -0.05) is 164 Å². The van der Waals surface area contributed by atoms with Gasteiger partial charge in [-0.05, 0) is 104 Å². The Morgan fingerprint density at radius 1 is 0.315 bits per heavy atom. The lowest BCUT2D eigenvalue weighted by Gasteiger charge is -2.27. The van der Waals surface area contributed by atoms with Crippen molar-refractivity contribution in [3.8, 4) is 44.5 Å². The maximum Gasteiger partial charge on any atom is 0.159 e. The maximum atomic E-state index is 6.65. The minimum atomic E-state index is 0.861. The van der Waals surface area contributed by atoms with Crippen LogP contribution in [-0.2, 0) is 0 Å². The first-order valence-corrected chi connectivity index (χ1v) is 18.4. The molecule has 10 rings (SSSR count). The number of benzene rings is 9. The van der Waals surface area contributed by atoms with Crippen LogP contribution >= 0.6 is 0 Å². The van der Waals surface area contributed by atoms with Crippen LogP contribution < -0.4 is 4.90 Å². The third-order valence-electron chi connectivity index (χ3n) is 10.5. The molecule has 1 aromatic heterocycles. The van der Waals surface area contributed by atoms with E-state index in [2.05, 4.69) is 205 Å². The predicted octanol–water partition coefficient (Wildman–Crippen LogP) is 14.9. The predicted molar refractivity (Wildman–Crippen MR) is 228 cm³/mol. The van der Waals surface area contributed by atoms with Gasteiger partial charge < -0.3 is 9.32 Å². The molecule has 0 amide bonds. The Morgan fingerprint density at radius 3 is 1.54 bits per heavy atom. The molecule has 2 nitrogen and oxygen atoms in total. The van der Waals surface area contributed by atoms with E-state index in [1.165, 1.54) is 49.7 Å². The molecule has 2 heteroatoms. The van der Waals surface area contributed by atoms with Gasteiger partial charge in [-0.15, -0.1) is 0 Å². The van der Waals surface area contributed by atoms with Gasteiger partial charge in [0.15, 0.2) is 5.58 Å². The number of hydrogen-bond acceptors (Lipinski definition) is 2. The molecule has 0 atom stereocenters. The first-order chi connectivity index (χ1) is 26.8. The average Bonchev–Trinajstić information content (AvgIpc) is 3.64. The van der Waals surface area contributed by atoms with Crippen molar-refractivity contribution in [1.82, 2.24) is 0 Å². The zero-order valence-electron chi connectivity index (χ0n) is 29.6. The third kappa shape index (κ3) is 5.71. The van der Waals surface area contributed by atoms with E-state index in [9.17, 15) is 0 Å². The summed E-state index contributed by atoms with van der Waals surface area (Å²) in [6.45, 7) is 0. The Kier molecular flexibility index (Phi) is 7.85. The van der Waals surface area contributed by atoms with Gasteiger partial charge in [0.05, 0.1) is 5.69 Å². The van der Waals surface area contributed by atoms with Crippen LogP contribution in [0.1, 0.15) is 0 Å². The molecular formula is C52H35NO. The van der Waals surface area contributed by atoms with Crippen LogP contribution in [0.4, 0.5) is 17.1 Å². The van der Waals surface area contributed by atoms with Gasteiger partial charge in [-0.25, -0.2) is 0 Å². The van der Waals surface area contributed by atoms with E-state index in [4.69, 9.17) is 4.42 Å². The molecule has 0 aliphatic carbocycles. The molecule has 0 aliphatic heterocycles. The standard InChI is InChI=1S/C52H35NO/c1-4-13-36(14-5-1)41-25-23-38-24-26-42(34-43(38)33-41)37-27-29-44(30-28-37)53(50-21-12-20-48-47-19-10-11-22-51(47)54-52(48)50)45-31-32-46(39-15-6-2-7-16-39)49(35-45)40-17-8-3-9-18-40/h1-35H. The van der Waals surface area contributed by atoms with Crippen LogP contribution in [0.5, 0.6) is 0 Å². The Balaban J connectivity index is 1.12. The van der Waals surface area contributed by atoms with Crippen molar-refractivity contribution in [2.45, 2.75) is 0 Å². The van der Waals surface area contributed by atoms with Gasteiger partial charge in [0.2, 0.25) is 0 Å². The van der Waals surface area contributed by atoms with Gasteiger partial charge in [0, 0.05) is 22.1 Å². The second kappa shape index (κ2) is 13.4. The van der Waals surface area contributed by atoms with Gasteiger partial charge in [0.25, 0.3) is 0 Å². The molecule has 0 unspecified atom stereocenters. The quantitative estimate of drug-likeness (QED) is 0.166. The Morgan fingerprint density at radius 2 is 0.852 bits per heavy atom. The zero-order valence-corrected chi connectivity index (χ0v) is 29.6. The second-order valence-corrected chi connectivity index (χ2v) is 13.7. The summed E-state index contributed by atoms with van der Waals surface area (Å²) in [6.07, 6.45) is 0. The highest BCUT2D eigenvalue weighted by molar-refractivity contribution is 6.10. The molecule has 0 saturated carbocycles. The summed E-state index contributed by atoms with van der Waals surface area (Å²) in [5, 5.41) is 4.66. The first kappa shape index (κ1) is 31.6. The normalized spacial score (nSPS) is 11.3. The van der Waals surface area contributed by atoms with Crippen molar-refractivity contribution in [1.29, 1.82) is 0 Å². The van der Waals surface area contributed by atoms with Crippen LogP contribution in [0.2, 0.25) is 0 Å². The van der Waals surface area contributed by atoms with E-state index >= 15 is 0 Å². The van der Waals surface area contributed by atoms with E-state index in [1.807, 2.05) is 12.1 Å². The number of anilines is 3. The van der Waals surface area contributed by atoms with Crippen molar-refractivity contribution in [3.05, 3.63) is 212 Å². The van der Waals surface area contributed by atoms with Gasteiger partial charge >= 0.3 is 0 Å². The van der Waals surface area contributed by atoms with Crippen molar-refractivity contribution < 1.29 is 4.42 Å². The Hall–Kier alpha value is -7.16. The number of para-hydroxylation sites is 2. The molecule has 0 bridgehead atoms. The van der Waals surface area contributed by atoms with Gasteiger partial charge in [0.1, 0.15) is 5.58 Å². The largest absolute Gasteiger partial charge is 0.454 e. The number of rotatable bonds is 7. The van der Waals surface area contributed by atoms with E-state index in [1.54, 1.807) is 0 Å². The minimum absolute atomic E-state index is 0.861. The fourth-order valence-electron chi connectivity index (χ4n) is 7.77. The fraction of sp³-hybridized carbons (Fsp3) is 0. The third-order valence-corrected chi connectivity index (χ3v) is 10.5. The van der Waals surface area contributed by atoms with Gasteiger partial charge in [-0.2, -0.15) is 0 Å². The van der Waals surface area contributed by atoms with Crippen molar-refractivity contribution in [3.63, 3.8) is 0 Å². The van der Waals surface area contributed by atoms with E-state index in [-0.39, 0.29) is 0 Å². The molecule has 0 spiro atoms. The summed E-state index contributed by atoms with van der Waals surface area (Å²) < 4.78 is 6.65. The molecule has 54 heavy (non-hydrogen) atoms. The number of hydrogen-bond donors (Lipinski definition) is 0. The molecule has 0 saturated heterocycles. The highest BCUT2D eigenvalue weighted by atomic mass is 16.3. The van der Waals surface area contributed by atoms with Crippen LogP contribution in [-0.4, -0.2) is 0 Å². The van der Waals surface area contributed by atoms with Crippen LogP contribution in [0.15, 0.2) is 217 Å². The van der Waals surface area contributed by atoms with E-state index in [0.29, 0.717) is 0 Å². The van der Waals surface area contributed by atoms with Crippen LogP contribution in [0, 0.1) is 0 Å². The molecule has 10 aromatic rings. The lowest BCUT2D eigenvalue weighted by Crippen LogP contribution is -2.10. The van der Waals surface area contributed by atoms with E-state index in [0.717, 1.165) is 44.6 Å². The number of furan rings is 1. The molecule has 0 radical (unpaired) electrons. The SMILES string of the molecule is c1ccc(-c2ccc3ccc(-c4ccc(N(c5ccc(-c6ccccc6)c(-c6ccccc6)c5)c5cccc6c5oc5ccccc56)cc4)cc3c2)cc1. The molecule has 0 N–H and O–H groups in total. The van der Waals surface area contributed by atoms with Crippen molar-refractivity contribution in [2.75, 3.05) is 4.90 Å². The summed E-state index contributed by atoms with van der Waals surface area (Å²) in [4.78, 5) is 2.34. The Labute approximate surface area is 314 Å². The molecule has 0 fully saturated rings. The zero-order chi connectivity index (χ0) is 35.8. The summed E-state index contributed by atoms with van der Waals surface area (Å²) in [5.41, 5.74) is 14.3. The minimum Gasteiger partial charge on any atom is -0.454 e. The highest BCUT2D eigenvalue weighted by Crippen LogP contribution is 2.45. The lowest BCUT2D eigenvalue weighted by atomic mass is 9.93. The monoisotopic (exact) mass is 689 g/mol. The topological polar surface area (TPSA) is 16.4 Å². The lowest BCUT2D eigenvalue weighted by molar-refractivity contribution is 0.669. The summed E-state index contributed by atoms with van der Waals surface area (Å²) >= 11 is 0. The van der Waals surface area contributed by atoms with E-state index < -0.39 is 0 Å².